The quantitative estimate of drug-likeness (QED) is 0.312. The van der Waals surface area contributed by atoms with Crippen LogP contribution in [0.5, 0.6) is 0 Å². The SMILES string of the molecule is C=CC[Si](C)(C)C[CH2-].[Cl-].[Mg+2]. The molecule has 0 N–H and O–H groups in total. The molecule has 0 aliphatic rings. The van der Waals surface area contributed by atoms with Gasteiger partial charge in [0.1, 0.15) is 0 Å². The van der Waals surface area contributed by atoms with Gasteiger partial charge >= 0.3 is 23.1 Å². The van der Waals surface area contributed by atoms with Gasteiger partial charge in [-0.1, -0.05) is 19.2 Å². The first-order chi connectivity index (χ1) is 3.62. The van der Waals surface area contributed by atoms with Crippen molar-refractivity contribution in [1.82, 2.24) is 0 Å². The fourth-order valence-electron chi connectivity index (χ4n) is 0.493. The Kier molecular flexibility index (Phi) is 14.0. The van der Waals surface area contributed by atoms with Gasteiger partial charge in [0.2, 0.25) is 0 Å². The third kappa shape index (κ3) is 9.01. The first-order valence-corrected chi connectivity index (χ1v) is 6.44. The monoisotopic (exact) mass is 186 g/mol. The van der Waals surface area contributed by atoms with Crippen molar-refractivity contribution in [2.75, 3.05) is 0 Å². The van der Waals surface area contributed by atoms with Gasteiger partial charge in [0.25, 0.3) is 0 Å². The van der Waals surface area contributed by atoms with Gasteiger partial charge in [-0.2, -0.15) is 6.04 Å². The van der Waals surface area contributed by atoms with E-state index in [0.717, 1.165) is 6.04 Å². The van der Waals surface area contributed by atoms with E-state index in [2.05, 4.69) is 26.6 Å². The normalized spacial score (nSPS) is 9.10. The van der Waals surface area contributed by atoms with Crippen LogP contribution in [0, 0.1) is 6.92 Å². The van der Waals surface area contributed by atoms with Crippen LogP contribution in [0.1, 0.15) is 0 Å². The minimum Gasteiger partial charge on any atom is -1.00 e. The van der Waals surface area contributed by atoms with Crippen molar-refractivity contribution in [1.29, 1.82) is 0 Å². The average molecular weight is 187 g/mol. The van der Waals surface area contributed by atoms with Crippen LogP contribution in [0.15, 0.2) is 12.7 Å². The Hall–Kier alpha value is 1.01. The zero-order chi connectivity index (χ0) is 6.62. The van der Waals surface area contributed by atoms with Crippen molar-refractivity contribution < 1.29 is 12.4 Å². The third-order valence-corrected chi connectivity index (χ3v) is 4.12. The summed E-state index contributed by atoms with van der Waals surface area (Å²) in [6.45, 7) is 12.3. The fourth-order valence-corrected chi connectivity index (χ4v) is 1.48. The molecule has 56 valence electrons. The zero-order valence-corrected chi connectivity index (χ0v) is 10.2. The number of halogens is 1. The summed E-state index contributed by atoms with van der Waals surface area (Å²) in [6, 6.07) is 2.33. The summed E-state index contributed by atoms with van der Waals surface area (Å²) in [7, 11) is -0.906. The molecule has 0 aliphatic heterocycles. The fraction of sp³-hybridized carbons (Fsp3) is 0.571. The molecule has 0 nitrogen and oxygen atoms in total. The summed E-state index contributed by atoms with van der Waals surface area (Å²) < 4.78 is 0. The van der Waals surface area contributed by atoms with Crippen LogP contribution >= 0.6 is 0 Å². The van der Waals surface area contributed by atoms with Crippen LogP contribution < -0.4 is 12.4 Å². The summed E-state index contributed by atoms with van der Waals surface area (Å²) in [5.41, 5.74) is 0. The van der Waals surface area contributed by atoms with Crippen molar-refractivity contribution in [3.63, 3.8) is 0 Å². The van der Waals surface area contributed by atoms with E-state index in [1.54, 1.807) is 0 Å². The van der Waals surface area contributed by atoms with Gasteiger partial charge in [0, 0.05) is 8.07 Å². The second-order valence-corrected chi connectivity index (χ2v) is 8.14. The molecule has 0 saturated heterocycles. The maximum absolute atomic E-state index is 3.89. The Labute approximate surface area is 88.0 Å². The number of hydrogen-bond acceptors (Lipinski definition) is 0. The van der Waals surface area contributed by atoms with Crippen molar-refractivity contribution in [2.24, 2.45) is 0 Å². The Morgan fingerprint density at radius 1 is 1.50 bits per heavy atom. The molecule has 0 saturated carbocycles. The third-order valence-electron chi connectivity index (χ3n) is 1.37. The van der Waals surface area contributed by atoms with Gasteiger partial charge in [0.05, 0.1) is 0 Å². The topological polar surface area (TPSA) is 0 Å². The van der Waals surface area contributed by atoms with Crippen LogP contribution in [0.3, 0.4) is 0 Å². The molecule has 0 amide bonds. The van der Waals surface area contributed by atoms with Gasteiger partial charge in [0.15, 0.2) is 0 Å². The van der Waals surface area contributed by atoms with Crippen LogP contribution in [0.25, 0.3) is 0 Å². The standard InChI is InChI=1S/C7H15Si.ClH.Mg/c1-5-7-8(3,4)6-2;;/h5H,1-2,6-7H2,3-4H3;1H;/q-1;;+2/p-1. The molecule has 0 aromatic carbocycles. The smallest absolute Gasteiger partial charge is 1.00 e. The van der Waals surface area contributed by atoms with Crippen LogP contribution in [-0.2, 0) is 0 Å². The van der Waals surface area contributed by atoms with E-state index in [1.807, 2.05) is 6.08 Å². The van der Waals surface area contributed by atoms with Crippen molar-refractivity contribution >= 4 is 31.1 Å². The van der Waals surface area contributed by atoms with Gasteiger partial charge in [-0.3, -0.25) is 0 Å². The summed E-state index contributed by atoms with van der Waals surface area (Å²) in [5, 5.41) is 0. The zero-order valence-electron chi connectivity index (χ0n) is 6.99. The molecule has 0 atom stereocenters. The minimum absolute atomic E-state index is 0. The van der Waals surface area contributed by atoms with E-state index in [1.165, 1.54) is 6.04 Å². The molecule has 0 fully saturated rings. The molecule has 0 radical (unpaired) electrons. The molecule has 0 aliphatic carbocycles. The predicted molar refractivity (Wildman–Crippen MR) is 48.4 cm³/mol. The predicted octanol–water partition coefficient (Wildman–Crippen LogP) is -0.662. The van der Waals surface area contributed by atoms with E-state index in [4.69, 9.17) is 0 Å². The molecule has 0 bridgehead atoms. The van der Waals surface area contributed by atoms with Gasteiger partial charge in [-0.25, -0.2) is 0 Å². The molecule has 0 spiro atoms. The summed E-state index contributed by atoms with van der Waals surface area (Å²) >= 11 is 0. The van der Waals surface area contributed by atoms with E-state index in [0.29, 0.717) is 0 Å². The van der Waals surface area contributed by atoms with Crippen LogP contribution in [0.2, 0.25) is 25.2 Å². The molecular weight excluding hydrogens is 172 g/mol. The van der Waals surface area contributed by atoms with E-state index >= 15 is 0 Å². The molecule has 0 aromatic heterocycles. The van der Waals surface area contributed by atoms with Crippen LogP contribution in [-0.4, -0.2) is 31.1 Å². The number of rotatable bonds is 3. The van der Waals surface area contributed by atoms with Crippen molar-refractivity contribution in [2.45, 2.75) is 25.2 Å². The molecule has 10 heavy (non-hydrogen) atoms. The summed E-state index contributed by atoms with van der Waals surface area (Å²) in [5.74, 6) is 0. The largest absolute Gasteiger partial charge is 2.00 e. The Bertz CT molecular complexity index is 83.7. The first kappa shape index (κ1) is 17.2. The second kappa shape index (κ2) is 8.11. The molecular formula is C7H15ClMgSi. The number of hydrogen-bond donors (Lipinski definition) is 0. The molecule has 0 heterocycles. The van der Waals surface area contributed by atoms with Gasteiger partial charge in [-0.15, -0.1) is 6.58 Å². The Morgan fingerprint density at radius 3 is 2.00 bits per heavy atom. The van der Waals surface area contributed by atoms with E-state index in [9.17, 15) is 0 Å². The summed E-state index contributed by atoms with van der Waals surface area (Å²) in [6.07, 6.45) is 2.01. The van der Waals surface area contributed by atoms with Crippen LogP contribution in [0.4, 0.5) is 0 Å². The maximum atomic E-state index is 3.89. The van der Waals surface area contributed by atoms with Crippen molar-refractivity contribution in [3.8, 4) is 0 Å². The molecule has 0 aromatic rings. The van der Waals surface area contributed by atoms with Crippen molar-refractivity contribution in [3.05, 3.63) is 19.6 Å². The number of allylic oxidation sites excluding steroid dienone is 1. The Balaban J connectivity index is -0.000000245. The minimum atomic E-state index is -0.906. The van der Waals surface area contributed by atoms with E-state index in [-0.39, 0.29) is 35.5 Å². The molecule has 0 rings (SSSR count). The van der Waals surface area contributed by atoms with Gasteiger partial charge in [-0.05, 0) is 6.04 Å². The Morgan fingerprint density at radius 2 is 1.90 bits per heavy atom. The van der Waals surface area contributed by atoms with E-state index < -0.39 is 8.07 Å². The second-order valence-electron chi connectivity index (χ2n) is 2.91. The first-order valence-electron chi connectivity index (χ1n) is 3.02. The maximum Gasteiger partial charge on any atom is 2.00 e. The van der Waals surface area contributed by atoms with Gasteiger partial charge < -0.3 is 19.3 Å². The summed E-state index contributed by atoms with van der Waals surface area (Å²) in [4.78, 5) is 0. The molecule has 0 unspecified atom stereocenters. The molecule has 3 heteroatoms. The average Bonchev–Trinajstić information content (AvgIpc) is 1.67.